The van der Waals surface area contributed by atoms with Gasteiger partial charge in [0.2, 0.25) is 0 Å². The minimum absolute atomic E-state index is 0.0452. The number of aliphatic hydroxyl groups excluding tert-OH is 1. The maximum Gasteiger partial charge on any atom is 0.407 e. The van der Waals surface area contributed by atoms with Crippen LogP contribution in [0, 0.1) is 0 Å². The van der Waals surface area contributed by atoms with Gasteiger partial charge in [-0.3, -0.25) is 0 Å². The molecule has 0 fully saturated rings. The molecule has 0 heterocycles. The van der Waals surface area contributed by atoms with E-state index in [0.29, 0.717) is 26.2 Å². The van der Waals surface area contributed by atoms with Gasteiger partial charge in [0.15, 0.2) is 0 Å². The van der Waals surface area contributed by atoms with E-state index in [2.05, 4.69) is 36.3 Å². The molecule has 0 atom stereocenters. The Balaban J connectivity index is 3.96. The van der Waals surface area contributed by atoms with Crippen molar-refractivity contribution in [3.05, 3.63) is 0 Å². The van der Waals surface area contributed by atoms with Gasteiger partial charge in [0.05, 0.1) is 13.2 Å². The largest absolute Gasteiger partial charge is 0.450 e. The van der Waals surface area contributed by atoms with Crippen molar-refractivity contribution in [1.82, 2.24) is 15.5 Å². The summed E-state index contributed by atoms with van der Waals surface area (Å²) in [5.74, 6) is 0. The number of aliphatic hydroxyl groups is 1. The van der Waals surface area contributed by atoms with Crippen molar-refractivity contribution in [3.8, 4) is 0 Å². The van der Waals surface area contributed by atoms with Crippen LogP contribution in [0.3, 0.4) is 0 Å². The van der Waals surface area contributed by atoms with E-state index in [1.165, 1.54) is 109 Å². The number of hydrogen-bond acceptors (Lipinski definition) is 6. The lowest BCUT2D eigenvalue weighted by Gasteiger charge is -2.21. The van der Waals surface area contributed by atoms with E-state index in [9.17, 15) is 14.7 Å². The Morgan fingerprint density at radius 1 is 0.500 bits per heavy atom. The number of rotatable bonds is 39. The second-order valence-electron chi connectivity index (χ2n) is 14.6. The van der Waals surface area contributed by atoms with Crippen LogP contribution < -0.4 is 10.6 Å². The molecule has 3 N–H and O–H groups in total. The molecule has 0 saturated heterocycles. The smallest absolute Gasteiger partial charge is 0.407 e. The van der Waals surface area contributed by atoms with Crippen molar-refractivity contribution >= 4 is 12.2 Å². The van der Waals surface area contributed by atoms with E-state index >= 15 is 0 Å². The van der Waals surface area contributed by atoms with Crippen LogP contribution in [-0.2, 0) is 9.47 Å². The molecule has 0 saturated carbocycles. The van der Waals surface area contributed by atoms with Gasteiger partial charge in [-0.25, -0.2) is 9.59 Å². The molecule has 0 unspecified atom stereocenters. The molecule has 0 aromatic carbocycles. The Morgan fingerprint density at radius 2 is 0.900 bits per heavy atom. The number of unbranched alkanes of at least 4 members (excludes halogenated alkanes) is 22. The third-order valence-electron chi connectivity index (χ3n) is 9.77. The molecule has 8 nitrogen and oxygen atoms in total. The average molecular weight is 712 g/mol. The highest BCUT2D eigenvalue weighted by Crippen LogP contribution is 2.17. The Bertz CT molecular complexity index is 695. The van der Waals surface area contributed by atoms with Crippen molar-refractivity contribution in [2.24, 2.45) is 0 Å². The molecule has 50 heavy (non-hydrogen) atoms. The number of nitrogens with zero attached hydrogens (tertiary/aromatic N) is 1. The Labute approximate surface area is 310 Å². The fourth-order valence-corrected chi connectivity index (χ4v) is 6.52. The first kappa shape index (κ1) is 48.5. The van der Waals surface area contributed by atoms with E-state index in [1.54, 1.807) is 0 Å². The lowest BCUT2D eigenvalue weighted by Crippen LogP contribution is -2.30. The fraction of sp³-hybridized carbons (Fsp3) is 0.952. The van der Waals surface area contributed by atoms with Crippen LogP contribution in [0.1, 0.15) is 207 Å². The van der Waals surface area contributed by atoms with E-state index in [-0.39, 0.29) is 24.9 Å². The van der Waals surface area contributed by atoms with Crippen LogP contribution in [0.4, 0.5) is 9.59 Å². The van der Waals surface area contributed by atoms with Crippen LogP contribution >= 0.6 is 0 Å². The highest BCUT2D eigenvalue weighted by molar-refractivity contribution is 5.67. The van der Waals surface area contributed by atoms with Crippen molar-refractivity contribution in [3.63, 3.8) is 0 Å². The Kier molecular flexibility index (Phi) is 39.0. The standard InChI is InChI=1S/C42H85N3O5/c1-4-7-10-13-16-17-18-23-30-39-49-41(47)43-34-27-29-36-45(37-38-46)35-28-22-21-26-33-44-42(48)50-40(31-24-19-14-11-8-5-2)32-25-20-15-12-9-6-3/h40,46H,4-39H2,1-3H3,(H,43,47)(H,44,48). The van der Waals surface area contributed by atoms with Gasteiger partial charge < -0.3 is 30.1 Å². The van der Waals surface area contributed by atoms with Gasteiger partial charge >= 0.3 is 12.2 Å². The zero-order chi connectivity index (χ0) is 36.6. The third kappa shape index (κ3) is 36.3. The molecular formula is C42H85N3O5. The molecule has 0 bridgehead atoms. The molecule has 0 radical (unpaired) electrons. The number of ether oxygens (including phenoxy) is 2. The van der Waals surface area contributed by atoms with Gasteiger partial charge in [-0.2, -0.15) is 0 Å². The molecule has 0 aromatic heterocycles. The summed E-state index contributed by atoms with van der Waals surface area (Å²) < 4.78 is 11.2. The molecule has 0 aliphatic rings. The van der Waals surface area contributed by atoms with Gasteiger partial charge in [-0.05, 0) is 70.9 Å². The number of alkyl carbamates (subject to hydrolysis) is 2. The predicted octanol–water partition coefficient (Wildman–Crippen LogP) is 11.5. The highest BCUT2D eigenvalue weighted by Gasteiger charge is 2.14. The van der Waals surface area contributed by atoms with Crippen molar-refractivity contribution in [2.45, 2.75) is 213 Å². The summed E-state index contributed by atoms with van der Waals surface area (Å²) in [6.07, 6.45) is 34.0. The number of hydrogen-bond donors (Lipinski definition) is 3. The maximum atomic E-state index is 12.6. The zero-order valence-corrected chi connectivity index (χ0v) is 33.6. The van der Waals surface area contributed by atoms with Crippen LogP contribution in [0.5, 0.6) is 0 Å². The zero-order valence-electron chi connectivity index (χ0n) is 33.6. The number of carbonyl (C=O) groups excluding carboxylic acids is 2. The SMILES string of the molecule is CCCCCCCCCCCOC(=O)NCCCCN(CCO)CCCCCCNC(=O)OC(CCCCCCCC)CCCCCCCC. The van der Waals surface area contributed by atoms with Crippen molar-refractivity contribution in [2.75, 3.05) is 45.9 Å². The maximum absolute atomic E-state index is 12.6. The number of nitrogens with one attached hydrogen (secondary N) is 2. The lowest BCUT2D eigenvalue weighted by atomic mass is 10.0. The van der Waals surface area contributed by atoms with E-state index < -0.39 is 0 Å². The molecule has 0 rings (SSSR count). The van der Waals surface area contributed by atoms with Crippen LogP contribution in [0.25, 0.3) is 0 Å². The van der Waals surface area contributed by atoms with Crippen molar-refractivity contribution in [1.29, 1.82) is 0 Å². The summed E-state index contributed by atoms with van der Waals surface area (Å²) in [6.45, 7) is 11.3. The normalized spacial score (nSPS) is 11.4. The summed E-state index contributed by atoms with van der Waals surface area (Å²) >= 11 is 0. The monoisotopic (exact) mass is 712 g/mol. The summed E-state index contributed by atoms with van der Waals surface area (Å²) in [5.41, 5.74) is 0. The van der Waals surface area contributed by atoms with E-state index in [1.807, 2.05) is 0 Å². The summed E-state index contributed by atoms with van der Waals surface area (Å²) in [4.78, 5) is 26.8. The van der Waals surface area contributed by atoms with Crippen LogP contribution in [0.15, 0.2) is 0 Å². The topological polar surface area (TPSA) is 100 Å². The minimum Gasteiger partial charge on any atom is -0.450 e. The molecule has 8 heteroatoms. The van der Waals surface area contributed by atoms with Crippen molar-refractivity contribution < 1.29 is 24.2 Å². The Hall–Kier alpha value is -1.54. The molecule has 2 amide bonds. The second-order valence-corrected chi connectivity index (χ2v) is 14.6. The van der Waals surface area contributed by atoms with E-state index in [0.717, 1.165) is 90.1 Å². The van der Waals surface area contributed by atoms with Gasteiger partial charge in [-0.1, -0.05) is 149 Å². The number of carbonyl (C=O) groups is 2. The summed E-state index contributed by atoms with van der Waals surface area (Å²) in [7, 11) is 0. The molecule has 0 aliphatic heterocycles. The lowest BCUT2D eigenvalue weighted by molar-refractivity contribution is 0.0840. The first-order valence-corrected chi connectivity index (χ1v) is 21.8. The third-order valence-corrected chi connectivity index (χ3v) is 9.77. The fourth-order valence-electron chi connectivity index (χ4n) is 6.52. The van der Waals surface area contributed by atoms with Gasteiger partial charge in [0.25, 0.3) is 0 Å². The molecular weight excluding hydrogens is 626 g/mol. The summed E-state index contributed by atoms with van der Waals surface area (Å²) in [5, 5.41) is 15.4. The van der Waals surface area contributed by atoms with E-state index in [4.69, 9.17) is 9.47 Å². The van der Waals surface area contributed by atoms with Crippen LogP contribution in [-0.4, -0.2) is 74.2 Å². The first-order chi connectivity index (χ1) is 24.6. The summed E-state index contributed by atoms with van der Waals surface area (Å²) in [6, 6.07) is 0. The highest BCUT2D eigenvalue weighted by atomic mass is 16.6. The average Bonchev–Trinajstić information content (AvgIpc) is 3.11. The first-order valence-electron chi connectivity index (χ1n) is 21.8. The molecule has 0 spiro atoms. The second kappa shape index (κ2) is 40.2. The minimum atomic E-state index is -0.305. The molecule has 0 aliphatic carbocycles. The quantitative estimate of drug-likeness (QED) is 0.0549. The molecule has 0 aromatic rings. The van der Waals surface area contributed by atoms with Gasteiger partial charge in [0, 0.05) is 19.6 Å². The van der Waals surface area contributed by atoms with Crippen LogP contribution in [0.2, 0.25) is 0 Å². The molecule has 298 valence electrons. The number of amides is 2. The Morgan fingerprint density at radius 3 is 1.42 bits per heavy atom. The van der Waals surface area contributed by atoms with Gasteiger partial charge in [0.1, 0.15) is 6.10 Å². The predicted molar refractivity (Wildman–Crippen MR) is 212 cm³/mol. The van der Waals surface area contributed by atoms with Gasteiger partial charge in [-0.15, -0.1) is 0 Å².